The second kappa shape index (κ2) is 4.72. The zero-order valence-electron chi connectivity index (χ0n) is 14.8. The molecule has 4 heteroatoms. The smallest absolute Gasteiger partial charge is 0.0286 e. The first kappa shape index (κ1) is 15.7. The third-order valence-electron chi connectivity index (χ3n) is 8.50. The van der Waals surface area contributed by atoms with Gasteiger partial charge in [0.15, 0.2) is 0 Å². The molecule has 0 aromatic heterocycles. The Morgan fingerprint density at radius 2 is 0.875 bits per heavy atom. The van der Waals surface area contributed by atoms with Crippen LogP contribution in [0.1, 0.15) is 77.0 Å². The van der Waals surface area contributed by atoms with Gasteiger partial charge in [-0.05, 0) is 101 Å². The fourth-order valence-corrected chi connectivity index (χ4v) is 13.4. The molecular formula is C20H32N2S2. The maximum absolute atomic E-state index is 6.82. The van der Waals surface area contributed by atoms with Gasteiger partial charge in [0.05, 0.1) is 0 Å². The third kappa shape index (κ3) is 2.31. The van der Waals surface area contributed by atoms with Gasteiger partial charge < -0.3 is 11.5 Å². The van der Waals surface area contributed by atoms with Crippen LogP contribution in [-0.2, 0) is 0 Å². The molecule has 134 valence electrons. The molecule has 4 atom stereocenters. The van der Waals surface area contributed by atoms with Crippen LogP contribution in [-0.4, -0.2) is 20.6 Å². The van der Waals surface area contributed by atoms with E-state index in [2.05, 4.69) is 21.6 Å². The second-order valence-electron chi connectivity index (χ2n) is 11.2. The fraction of sp³-hybridized carbons (Fsp3) is 1.00. The van der Waals surface area contributed by atoms with Crippen LogP contribution in [0.15, 0.2) is 0 Å². The van der Waals surface area contributed by atoms with Crippen molar-refractivity contribution in [1.29, 1.82) is 0 Å². The predicted octanol–water partition coefficient (Wildman–Crippen LogP) is 4.47. The summed E-state index contributed by atoms with van der Waals surface area (Å²) in [6.07, 6.45) is 16.6. The minimum atomic E-state index is 0.189. The molecular weight excluding hydrogens is 332 g/mol. The number of hydrogen-bond acceptors (Lipinski definition) is 4. The van der Waals surface area contributed by atoms with Gasteiger partial charge >= 0.3 is 0 Å². The summed E-state index contributed by atoms with van der Waals surface area (Å²) in [5.74, 6) is 3.73. The Labute approximate surface area is 154 Å². The molecule has 8 aliphatic rings. The van der Waals surface area contributed by atoms with Crippen molar-refractivity contribution >= 4 is 21.6 Å². The van der Waals surface area contributed by atoms with Gasteiger partial charge in [-0.3, -0.25) is 0 Å². The molecule has 0 aromatic rings. The van der Waals surface area contributed by atoms with Crippen molar-refractivity contribution in [3.8, 4) is 0 Å². The van der Waals surface area contributed by atoms with Gasteiger partial charge in [-0.2, -0.15) is 0 Å². The van der Waals surface area contributed by atoms with Crippen molar-refractivity contribution in [1.82, 2.24) is 0 Å². The summed E-state index contributed by atoms with van der Waals surface area (Å²) in [5, 5.41) is 0. The Kier molecular flexibility index (Phi) is 3.08. The molecule has 8 aliphatic carbocycles. The van der Waals surface area contributed by atoms with Crippen LogP contribution >= 0.6 is 21.6 Å². The number of nitrogens with two attached hydrogens (primary N) is 2. The molecule has 2 nitrogen and oxygen atoms in total. The highest BCUT2D eigenvalue weighted by Crippen LogP contribution is 2.69. The van der Waals surface area contributed by atoms with Crippen LogP contribution in [0.4, 0.5) is 0 Å². The third-order valence-corrected chi connectivity index (χ3v) is 12.6. The van der Waals surface area contributed by atoms with Gasteiger partial charge in [0.1, 0.15) is 0 Å². The van der Waals surface area contributed by atoms with E-state index < -0.39 is 0 Å². The van der Waals surface area contributed by atoms with E-state index in [-0.39, 0.29) is 11.1 Å². The van der Waals surface area contributed by atoms with Crippen LogP contribution < -0.4 is 11.5 Å². The van der Waals surface area contributed by atoms with Gasteiger partial charge in [-0.1, -0.05) is 21.6 Å². The quantitative estimate of drug-likeness (QED) is 0.726. The number of hydrogen-bond donors (Lipinski definition) is 2. The maximum Gasteiger partial charge on any atom is 0.0286 e. The zero-order chi connectivity index (χ0) is 16.2. The van der Waals surface area contributed by atoms with Gasteiger partial charge in [-0.25, -0.2) is 0 Å². The molecule has 8 saturated carbocycles. The molecule has 0 saturated heterocycles. The summed E-state index contributed by atoms with van der Waals surface area (Å²) >= 11 is 0. The first-order chi connectivity index (χ1) is 11.3. The molecule has 24 heavy (non-hydrogen) atoms. The van der Waals surface area contributed by atoms with Gasteiger partial charge in [0, 0.05) is 20.6 Å². The van der Waals surface area contributed by atoms with Crippen molar-refractivity contribution in [2.24, 2.45) is 35.1 Å². The van der Waals surface area contributed by atoms with E-state index in [0.717, 1.165) is 23.7 Å². The highest BCUT2D eigenvalue weighted by atomic mass is 33.1. The fourth-order valence-electron chi connectivity index (χ4n) is 8.87. The van der Waals surface area contributed by atoms with E-state index in [1.165, 1.54) is 77.0 Å². The molecule has 0 radical (unpaired) electrons. The zero-order valence-corrected chi connectivity index (χ0v) is 16.4. The largest absolute Gasteiger partial charge is 0.325 e. The summed E-state index contributed by atoms with van der Waals surface area (Å²) in [4.78, 5) is 0. The van der Waals surface area contributed by atoms with Crippen molar-refractivity contribution in [2.45, 2.75) is 97.6 Å². The first-order valence-electron chi connectivity index (χ1n) is 10.3. The van der Waals surface area contributed by atoms with Crippen LogP contribution in [0.2, 0.25) is 0 Å². The Hall–Kier alpha value is 0.620. The average molecular weight is 365 g/mol. The molecule has 0 amide bonds. The molecule has 0 heterocycles. The molecule has 0 aliphatic heterocycles. The Morgan fingerprint density at radius 1 is 0.542 bits per heavy atom. The van der Waals surface area contributed by atoms with Gasteiger partial charge in [-0.15, -0.1) is 0 Å². The molecule has 0 aromatic carbocycles. The summed E-state index contributed by atoms with van der Waals surface area (Å²) in [6, 6.07) is 0. The van der Waals surface area contributed by atoms with Crippen molar-refractivity contribution in [3.05, 3.63) is 0 Å². The van der Waals surface area contributed by atoms with Crippen LogP contribution in [0, 0.1) is 23.7 Å². The summed E-state index contributed by atoms with van der Waals surface area (Å²) in [6.45, 7) is 0. The van der Waals surface area contributed by atoms with Crippen molar-refractivity contribution < 1.29 is 0 Å². The molecule has 8 rings (SSSR count). The lowest BCUT2D eigenvalue weighted by molar-refractivity contribution is 0.0163. The van der Waals surface area contributed by atoms with E-state index in [0.29, 0.717) is 9.49 Å². The molecule has 8 fully saturated rings. The van der Waals surface area contributed by atoms with Crippen LogP contribution in [0.25, 0.3) is 0 Å². The minimum Gasteiger partial charge on any atom is -0.325 e. The lowest BCUT2D eigenvalue weighted by Gasteiger charge is -2.63. The van der Waals surface area contributed by atoms with E-state index in [4.69, 9.17) is 11.5 Å². The Balaban J connectivity index is 1.23. The standard InChI is InChI=1S/C20H32N2S2/c21-17-3-13-1-14(4-17)8-19(7-13,11-17)23-24-20-9-15-2-16(10-20)6-18(22,5-15)12-20/h13-16H,1-12,21-22H2. The van der Waals surface area contributed by atoms with Gasteiger partial charge in [0.25, 0.3) is 0 Å². The van der Waals surface area contributed by atoms with Crippen molar-refractivity contribution in [3.63, 3.8) is 0 Å². The minimum absolute atomic E-state index is 0.189. The highest BCUT2D eigenvalue weighted by molar-refractivity contribution is 8.77. The summed E-state index contributed by atoms with van der Waals surface area (Å²) < 4.78 is 1.02. The SMILES string of the molecule is NC12CC3CC(C1)CC(SSC14CC5CC(CC(N)(C5)C1)C4)(C3)C2. The molecule has 4 N–H and O–H groups in total. The van der Waals surface area contributed by atoms with E-state index >= 15 is 0 Å². The summed E-state index contributed by atoms with van der Waals surface area (Å²) in [7, 11) is 4.60. The lowest BCUT2D eigenvalue weighted by Crippen LogP contribution is -2.63. The number of rotatable bonds is 3. The monoisotopic (exact) mass is 364 g/mol. The Bertz CT molecular complexity index is 498. The second-order valence-corrected chi connectivity index (χ2v) is 14.2. The Morgan fingerprint density at radius 3 is 1.17 bits per heavy atom. The molecule has 4 unspecified atom stereocenters. The maximum atomic E-state index is 6.82. The van der Waals surface area contributed by atoms with Crippen LogP contribution in [0.3, 0.4) is 0 Å². The highest BCUT2D eigenvalue weighted by Gasteiger charge is 2.60. The molecule has 8 bridgehead atoms. The van der Waals surface area contributed by atoms with Crippen LogP contribution in [0.5, 0.6) is 0 Å². The summed E-state index contributed by atoms with van der Waals surface area (Å²) in [5.41, 5.74) is 14.0. The van der Waals surface area contributed by atoms with E-state index in [1.807, 2.05) is 0 Å². The predicted molar refractivity (Wildman–Crippen MR) is 104 cm³/mol. The first-order valence-corrected chi connectivity index (χ1v) is 12.4. The normalized spacial score (nSPS) is 63.2. The van der Waals surface area contributed by atoms with E-state index in [9.17, 15) is 0 Å². The van der Waals surface area contributed by atoms with E-state index in [1.54, 1.807) is 0 Å². The average Bonchev–Trinajstić information content (AvgIpc) is 2.40. The van der Waals surface area contributed by atoms with Gasteiger partial charge in [0.2, 0.25) is 0 Å². The topological polar surface area (TPSA) is 52.0 Å². The molecule has 0 spiro atoms. The van der Waals surface area contributed by atoms with Crippen molar-refractivity contribution in [2.75, 3.05) is 0 Å². The lowest BCUT2D eigenvalue weighted by atomic mass is 9.53.